The number of alkyl halides is 2. The number of hydrogen-bond donors (Lipinski definition) is 1. The van der Waals surface area contributed by atoms with E-state index < -0.39 is 30.4 Å². The summed E-state index contributed by atoms with van der Waals surface area (Å²) in [5, 5.41) is 8.92. The molecule has 1 saturated heterocycles. The summed E-state index contributed by atoms with van der Waals surface area (Å²) < 4.78 is 33.4. The Morgan fingerprint density at radius 3 is 2.18 bits per heavy atom. The van der Waals surface area contributed by atoms with Crippen LogP contribution in [-0.2, 0) is 9.53 Å². The van der Waals surface area contributed by atoms with E-state index in [1.54, 1.807) is 0 Å². The number of carboxylic acid groups (broad SMARTS) is 1. The number of piperidine rings is 1. The fraction of sp³-hybridized carbons (Fsp3) is 0.333. The molecule has 1 amide bonds. The summed E-state index contributed by atoms with van der Waals surface area (Å²) in [6.07, 6.45) is -1.14. The molecule has 1 atom stereocenters. The standard InChI is InChI=1S/C21H19F2NO4/c22-21(23)12-24(10-9-18(21)19(25)26)20(27)28-11-17-15-7-3-1-5-13(15)14-6-2-4-8-16(14)17/h1-8,17-18H,9-12H2,(H,25,26)/t18-/m1/s1. The van der Waals surface area contributed by atoms with Crippen LogP contribution < -0.4 is 0 Å². The molecule has 1 heterocycles. The summed E-state index contributed by atoms with van der Waals surface area (Å²) in [5.41, 5.74) is 4.22. The Bertz CT molecular complexity index is 885. The highest BCUT2D eigenvalue weighted by Gasteiger charge is 2.50. The summed E-state index contributed by atoms with van der Waals surface area (Å²) in [7, 11) is 0. The topological polar surface area (TPSA) is 66.8 Å². The van der Waals surface area contributed by atoms with Crippen LogP contribution in [0.5, 0.6) is 0 Å². The molecule has 0 spiro atoms. The Morgan fingerprint density at radius 2 is 1.64 bits per heavy atom. The fourth-order valence-electron chi connectivity index (χ4n) is 4.09. The van der Waals surface area contributed by atoms with Crippen molar-refractivity contribution >= 4 is 12.1 Å². The molecule has 0 unspecified atom stereocenters. The number of halogens is 2. The van der Waals surface area contributed by atoms with Gasteiger partial charge in [0.15, 0.2) is 0 Å². The van der Waals surface area contributed by atoms with Gasteiger partial charge in [-0.15, -0.1) is 0 Å². The molecule has 1 fully saturated rings. The van der Waals surface area contributed by atoms with Gasteiger partial charge in [-0.1, -0.05) is 48.5 Å². The van der Waals surface area contributed by atoms with E-state index in [9.17, 15) is 18.4 Å². The number of nitrogens with zero attached hydrogens (tertiary/aromatic N) is 1. The van der Waals surface area contributed by atoms with Crippen molar-refractivity contribution in [2.45, 2.75) is 18.3 Å². The molecule has 1 aliphatic carbocycles. The van der Waals surface area contributed by atoms with Gasteiger partial charge in [-0.3, -0.25) is 4.79 Å². The Labute approximate surface area is 160 Å². The lowest BCUT2D eigenvalue weighted by Gasteiger charge is -2.35. The van der Waals surface area contributed by atoms with Crippen molar-refractivity contribution < 1.29 is 28.2 Å². The van der Waals surface area contributed by atoms with Gasteiger partial charge in [0.25, 0.3) is 5.92 Å². The smallest absolute Gasteiger partial charge is 0.409 e. The van der Waals surface area contributed by atoms with E-state index in [4.69, 9.17) is 9.84 Å². The highest BCUT2D eigenvalue weighted by Crippen LogP contribution is 2.44. The van der Waals surface area contributed by atoms with E-state index in [0.29, 0.717) is 0 Å². The Kier molecular flexibility index (Phi) is 4.53. The van der Waals surface area contributed by atoms with Gasteiger partial charge in [0, 0.05) is 12.5 Å². The van der Waals surface area contributed by atoms with Crippen LogP contribution in [-0.4, -0.2) is 47.7 Å². The zero-order chi connectivity index (χ0) is 19.9. The minimum atomic E-state index is -3.48. The third kappa shape index (κ3) is 3.10. The number of aliphatic carboxylic acids is 1. The maximum absolute atomic E-state index is 14.0. The van der Waals surface area contributed by atoms with E-state index in [0.717, 1.165) is 27.2 Å². The Balaban J connectivity index is 1.47. The van der Waals surface area contributed by atoms with E-state index in [1.165, 1.54) is 0 Å². The first-order valence-electron chi connectivity index (χ1n) is 9.09. The summed E-state index contributed by atoms with van der Waals surface area (Å²) in [5.74, 6) is -6.95. The lowest BCUT2D eigenvalue weighted by Crippen LogP contribution is -2.53. The van der Waals surface area contributed by atoms with Crippen LogP contribution in [0.25, 0.3) is 11.1 Å². The quantitative estimate of drug-likeness (QED) is 0.865. The van der Waals surface area contributed by atoms with Crippen LogP contribution in [0.15, 0.2) is 48.5 Å². The largest absolute Gasteiger partial charge is 0.481 e. The molecular weight excluding hydrogens is 368 g/mol. The van der Waals surface area contributed by atoms with Gasteiger partial charge in [0.2, 0.25) is 0 Å². The molecule has 2 aromatic rings. The van der Waals surface area contributed by atoms with Gasteiger partial charge in [-0.05, 0) is 28.7 Å². The molecule has 1 N–H and O–H groups in total. The molecule has 5 nitrogen and oxygen atoms in total. The lowest BCUT2D eigenvalue weighted by molar-refractivity contribution is -0.165. The summed E-state index contributed by atoms with van der Waals surface area (Å²) in [4.78, 5) is 24.2. The number of likely N-dealkylation sites (tertiary alicyclic amines) is 1. The van der Waals surface area contributed by atoms with E-state index in [2.05, 4.69) is 0 Å². The van der Waals surface area contributed by atoms with Crippen molar-refractivity contribution in [2.75, 3.05) is 19.7 Å². The molecule has 4 rings (SSSR count). The monoisotopic (exact) mass is 387 g/mol. The number of carboxylic acids is 1. The molecule has 146 valence electrons. The SMILES string of the molecule is O=C(O)[C@H]1CCN(C(=O)OCC2c3ccccc3-c3ccccc32)CC1(F)F. The molecule has 7 heteroatoms. The highest BCUT2D eigenvalue weighted by atomic mass is 19.3. The first-order chi connectivity index (χ1) is 13.4. The van der Waals surface area contributed by atoms with Crippen molar-refractivity contribution in [3.63, 3.8) is 0 Å². The van der Waals surface area contributed by atoms with Gasteiger partial charge >= 0.3 is 12.1 Å². The van der Waals surface area contributed by atoms with Crippen molar-refractivity contribution in [3.05, 3.63) is 59.7 Å². The lowest BCUT2D eigenvalue weighted by atomic mass is 9.93. The van der Waals surface area contributed by atoms with Gasteiger partial charge in [0.05, 0.1) is 6.54 Å². The number of benzene rings is 2. The molecule has 2 aliphatic rings. The number of hydrogen-bond acceptors (Lipinski definition) is 3. The molecule has 0 radical (unpaired) electrons. The predicted molar refractivity (Wildman–Crippen MR) is 97.3 cm³/mol. The van der Waals surface area contributed by atoms with Crippen LogP contribution in [0.4, 0.5) is 13.6 Å². The van der Waals surface area contributed by atoms with Crippen molar-refractivity contribution in [1.82, 2.24) is 4.90 Å². The number of carbonyl (C=O) groups excluding carboxylic acids is 1. The molecule has 2 aromatic carbocycles. The molecule has 1 aliphatic heterocycles. The number of fused-ring (bicyclic) bond motifs is 3. The molecule has 0 aromatic heterocycles. The van der Waals surface area contributed by atoms with E-state index in [-0.39, 0.29) is 25.5 Å². The summed E-state index contributed by atoms with van der Waals surface area (Å²) in [6, 6.07) is 15.7. The van der Waals surface area contributed by atoms with Gasteiger partial charge < -0.3 is 14.7 Å². The zero-order valence-corrected chi connectivity index (χ0v) is 15.0. The van der Waals surface area contributed by atoms with Gasteiger partial charge in [-0.25, -0.2) is 13.6 Å². The predicted octanol–water partition coefficient (Wildman–Crippen LogP) is 3.98. The first-order valence-corrected chi connectivity index (χ1v) is 9.09. The van der Waals surface area contributed by atoms with Crippen LogP contribution in [0.1, 0.15) is 23.5 Å². The molecule has 0 bridgehead atoms. The summed E-state index contributed by atoms with van der Waals surface area (Å²) >= 11 is 0. The Hall–Kier alpha value is -2.96. The van der Waals surface area contributed by atoms with Gasteiger partial charge in [0.1, 0.15) is 12.5 Å². The maximum atomic E-state index is 14.0. The minimum absolute atomic E-state index is 0.0390. The number of carbonyl (C=O) groups is 2. The number of ether oxygens (including phenoxy) is 1. The highest BCUT2D eigenvalue weighted by molar-refractivity contribution is 5.79. The van der Waals surface area contributed by atoms with Crippen molar-refractivity contribution in [2.24, 2.45) is 5.92 Å². The maximum Gasteiger partial charge on any atom is 0.409 e. The molecule has 28 heavy (non-hydrogen) atoms. The average molecular weight is 387 g/mol. The van der Waals surface area contributed by atoms with Crippen LogP contribution in [0.2, 0.25) is 0 Å². The first kappa shape index (κ1) is 18.4. The van der Waals surface area contributed by atoms with Gasteiger partial charge in [-0.2, -0.15) is 0 Å². The van der Waals surface area contributed by atoms with Crippen LogP contribution in [0, 0.1) is 5.92 Å². The van der Waals surface area contributed by atoms with Crippen molar-refractivity contribution in [3.8, 4) is 11.1 Å². The van der Waals surface area contributed by atoms with Crippen LogP contribution >= 0.6 is 0 Å². The third-order valence-corrected chi connectivity index (χ3v) is 5.49. The zero-order valence-electron chi connectivity index (χ0n) is 15.0. The Morgan fingerprint density at radius 1 is 1.07 bits per heavy atom. The number of rotatable bonds is 3. The summed E-state index contributed by atoms with van der Waals surface area (Å²) in [6.45, 7) is -0.971. The fourth-order valence-corrected chi connectivity index (χ4v) is 4.09. The minimum Gasteiger partial charge on any atom is -0.481 e. The average Bonchev–Trinajstić information content (AvgIpc) is 2.99. The molecule has 0 saturated carbocycles. The van der Waals surface area contributed by atoms with Crippen molar-refractivity contribution in [1.29, 1.82) is 0 Å². The second kappa shape index (κ2) is 6.89. The second-order valence-corrected chi connectivity index (χ2v) is 7.17. The third-order valence-electron chi connectivity index (χ3n) is 5.49. The van der Waals surface area contributed by atoms with E-state index >= 15 is 0 Å². The van der Waals surface area contributed by atoms with E-state index in [1.807, 2.05) is 48.5 Å². The normalized spacial score (nSPS) is 20.4. The molecular formula is C21H19F2NO4. The van der Waals surface area contributed by atoms with Crippen LogP contribution in [0.3, 0.4) is 0 Å². The second-order valence-electron chi connectivity index (χ2n) is 7.17. The number of amides is 1.